The molecule has 15 heavy (non-hydrogen) atoms. The van der Waals surface area contributed by atoms with Crippen LogP contribution in [0.2, 0.25) is 0 Å². The van der Waals surface area contributed by atoms with Gasteiger partial charge in [0, 0.05) is 32.7 Å². The Kier molecular flexibility index (Phi) is 9.06. The summed E-state index contributed by atoms with van der Waals surface area (Å²) in [6.07, 6.45) is 0.917. The molecule has 0 aromatic heterocycles. The van der Waals surface area contributed by atoms with E-state index in [0.29, 0.717) is 5.92 Å². The molecule has 0 saturated carbocycles. The average molecular weight is 217 g/mol. The highest BCUT2D eigenvalue weighted by atomic mass is 16.7. The number of ether oxygens (including phenoxy) is 2. The maximum atomic E-state index is 5.49. The molecule has 3 nitrogen and oxygen atoms in total. The molecule has 0 heterocycles. The van der Waals surface area contributed by atoms with E-state index in [0.717, 1.165) is 32.7 Å². The third kappa shape index (κ3) is 8.85. The second kappa shape index (κ2) is 9.13. The SMILES string of the molecule is CCOC(CCN(C)CC(C)C)OCC. The normalized spacial score (nSPS) is 12.0. The lowest BCUT2D eigenvalue weighted by atomic mass is 10.2. The van der Waals surface area contributed by atoms with Crippen LogP contribution in [0.4, 0.5) is 0 Å². The molecule has 0 fully saturated rings. The third-order valence-electron chi connectivity index (χ3n) is 2.13. The Morgan fingerprint density at radius 3 is 2.00 bits per heavy atom. The molecule has 0 aliphatic heterocycles. The van der Waals surface area contributed by atoms with Gasteiger partial charge in [0.15, 0.2) is 6.29 Å². The van der Waals surface area contributed by atoms with Gasteiger partial charge in [0.05, 0.1) is 0 Å². The summed E-state index contributed by atoms with van der Waals surface area (Å²) in [6.45, 7) is 12.1. The van der Waals surface area contributed by atoms with E-state index in [1.807, 2.05) is 13.8 Å². The zero-order valence-corrected chi connectivity index (χ0v) is 11.0. The van der Waals surface area contributed by atoms with E-state index in [4.69, 9.17) is 9.47 Å². The smallest absolute Gasteiger partial charge is 0.158 e. The van der Waals surface area contributed by atoms with Crippen molar-refractivity contribution in [1.82, 2.24) is 4.90 Å². The van der Waals surface area contributed by atoms with Crippen LogP contribution in [-0.2, 0) is 9.47 Å². The van der Waals surface area contributed by atoms with Crippen molar-refractivity contribution in [2.45, 2.75) is 40.4 Å². The minimum Gasteiger partial charge on any atom is -0.353 e. The van der Waals surface area contributed by atoms with Gasteiger partial charge in [-0.3, -0.25) is 0 Å². The molecule has 0 spiro atoms. The van der Waals surface area contributed by atoms with Crippen molar-refractivity contribution in [2.24, 2.45) is 5.92 Å². The summed E-state index contributed by atoms with van der Waals surface area (Å²) in [6, 6.07) is 0. The molecule has 0 aromatic carbocycles. The van der Waals surface area contributed by atoms with Gasteiger partial charge in [-0.15, -0.1) is 0 Å². The summed E-state index contributed by atoms with van der Waals surface area (Å²) < 4.78 is 11.0. The average Bonchev–Trinajstić information content (AvgIpc) is 2.14. The molecule has 0 unspecified atom stereocenters. The van der Waals surface area contributed by atoms with E-state index >= 15 is 0 Å². The van der Waals surface area contributed by atoms with Gasteiger partial charge in [0.2, 0.25) is 0 Å². The van der Waals surface area contributed by atoms with Gasteiger partial charge in [-0.05, 0) is 26.8 Å². The van der Waals surface area contributed by atoms with Crippen LogP contribution in [0.25, 0.3) is 0 Å². The van der Waals surface area contributed by atoms with Gasteiger partial charge >= 0.3 is 0 Å². The molecular formula is C12H27NO2. The number of nitrogens with zero attached hydrogens (tertiary/aromatic N) is 1. The summed E-state index contributed by atoms with van der Waals surface area (Å²) in [7, 11) is 2.15. The minimum atomic E-state index is -0.0328. The molecule has 0 saturated heterocycles. The summed E-state index contributed by atoms with van der Waals surface area (Å²) in [4.78, 5) is 2.33. The van der Waals surface area contributed by atoms with E-state index < -0.39 is 0 Å². The molecule has 92 valence electrons. The van der Waals surface area contributed by atoms with Gasteiger partial charge in [0.1, 0.15) is 0 Å². The summed E-state index contributed by atoms with van der Waals surface area (Å²) in [5, 5.41) is 0. The van der Waals surface area contributed by atoms with Crippen molar-refractivity contribution < 1.29 is 9.47 Å². The molecule has 0 aliphatic rings. The van der Waals surface area contributed by atoms with Crippen molar-refractivity contribution in [1.29, 1.82) is 0 Å². The fourth-order valence-electron chi connectivity index (χ4n) is 1.63. The molecule has 0 aromatic rings. The second-order valence-corrected chi connectivity index (χ2v) is 4.29. The Morgan fingerprint density at radius 1 is 1.07 bits per heavy atom. The topological polar surface area (TPSA) is 21.7 Å². The summed E-state index contributed by atoms with van der Waals surface area (Å²) in [5.41, 5.74) is 0. The zero-order chi connectivity index (χ0) is 11.7. The van der Waals surface area contributed by atoms with E-state index in [1.54, 1.807) is 0 Å². The molecule has 3 heteroatoms. The maximum Gasteiger partial charge on any atom is 0.158 e. The predicted octanol–water partition coefficient (Wildman–Crippen LogP) is 2.36. The van der Waals surface area contributed by atoms with Gasteiger partial charge in [-0.25, -0.2) is 0 Å². The van der Waals surface area contributed by atoms with E-state index in [-0.39, 0.29) is 6.29 Å². The van der Waals surface area contributed by atoms with Crippen molar-refractivity contribution in [3.05, 3.63) is 0 Å². The van der Waals surface area contributed by atoms with Crippen LogP contribution >= 0.6 is 0 Å². The molecular weight excluding hydrogens is 190 g/mol. The molecule has 0 bridgehead atoms. The van der Waals surface area contributed by atoms with E-state index in [2.05, 4.69) is 25.8 Å². The lowest BCUT2D eigenvalue weighted by Crippen LogP contribution is -2.29. The molecule has 0 rings (SSSR count). The Labute approximate surface area is 94.7 Å². The Hall–Kier alpha value is -0.120. The Morgan fingerprint density at radius 2 is 1.60 bits per heavy atom. The molecule has 0 aliphatic carbocycles. The van der Waals surface area contributed by atoms with Crippen LogP contribution in [0.3, 0.4) is 0 Å². The van der Waals surface area contributed by atoms with Gasteiger partial charge in [-0.2, -0.15) is 0 Å². The number of rotatable bonds is 9. The molecule has 0 atom stereocenters. The summed E-state index contributed by atoms with van der Waals surface area (Å²) in [5.74, 6) is 0.715. The highest BCUT2D eigenvalue weighted by Gasteiger charge is 2.09. The van der Waals surface area contributed by atoms with Crippen LogP contribution < -0.4 is 0 Å². The van der Waals surface area contributed by atoms with E-state index in [9.17, 15) is 0 Å². The molecule has 0 N–H and O–H groups in total. The maximum absolute atomic E-state index is 5.49. The van der Waals surface area contributed by atoms with Crippen LogP contribution in [-0.4, -0.2) is 44.5 Å². The molecule has 0 amide bonds. The predicted molar refractivity (Wildman–Crippen MR) is 64.0 cm³/mol. The fourth-order valence-corrected chi connectivity index (χ4v) is 1.63. The van der Waals surface area contributed by atoms with Crippen molar-refractivity contribution in [3.63, 3.8) is 0 Å². The van der Waals surface area contributed by atoms with Crippen LogP contribution in [0, 0.1) is 5.92 Å². The first-order chi connectivity index (χ1) is 7.10. The van der Waals surface area contributed by atoms with Gasteiger partial charge in [-0.1, -0.05) is 13.8 Å². The first kappa shape index (κ1) is 14.9. The van der Waals surface area contributed by atoms with Crippen molar-refractivity contribution in [3.8, 4) is 0 Å². The largest absolute Gasteiger partial charge is 0.353 e. The minimum absolute atomic E-state index is 0.0328. The van der Waals surface area contributed by atoms with Crippen molar-refractivity contribution >= 4 is 0 Å². The highest BCUT2D eigenvalue weighted by Crippen LogP contribution is 2.04. The van der Waals surface area contributed by atoms with Crippen LogP contribution in [0.5, 0.6) is 0 Å². The third-order valence-corrected chi connectivity index (χ3v) is 2.13. The van der Waals surface area contributed by atoms with Crippen LogP contribution in [0.15, 0.2) is 0 Å². The second-order valence-electron chi connectivity index (χ2n) is 4.29. The van der Waals surface area contributed by atoms with Crippen molar-refractivity contribution in [2.75, 3.05) is 33.4 Å². The first-order valence-electron chi connectivity index (χ1n) is 6.01. The zero-order valence-electron chi connectivity index (χ0n) is 11.0. The first-order valence-corrected chi connectivity index (χ1v) is 6.01. The lowest BCUT2D eigenvalue weighted by molar-refractivity contribution is -0.141. The Bertz CT molecular complexity index is 134. The summed E-state index contributed by atoms with van der Waals surface area (Å²) >= 11 is 0. The quantitative estimate of drug-likeness (QED) is 0.553. The number of hydrogen-bond donors (Lipinski definition) is 0. The lowest BCUT2D eigenvalue weighted by Gasteiger charge is -2.22. The van der Waals surface area contributed by atoms with Gasteiger partial charge in [0.25, 0.3) is 0 Å². The van der Waals surface area contributed by atoms with Gasteiger partial charge < -0.3 is 14.4 Å². The highest BCUT2D eigenvalue weighted by molar-refractivity contribution is 4.56. The Balaban J connectivity index is 3.67. The standard InChI is InChI=1S/C12H27NO2/c1-6-14-12(15-7-2)8-9-13(5)10-11(3)4/h11-12H,6-10H2,1-5H3. The van der Waals surface area contributed by atoms with E-state index in [1.165, 1.54) is 0 Å². The number of hydrogen-bond acceptors (Lipinski definition) is 3. The monoisotopic (exact) mass is 217 g/mol. The van der Waals surface area contributed by atoms with Crippen LogP contribution in [0.1, 0.15) is 34.1 Å². The molecule has 0 radical (unpaired) electrons. The fraction of sp³-hybridized carbons (Fsp3) is 1.00.